The average Bonchev–Trinajstić information content (AvgIpc) is 3.52. The van der Waals surface area contributed by atoms with E-state index in [1.807, 2.05) is 24.3 Å². The topological polar surface area (TPSA) is 101 Å². The van der Waals surface area contributed by atoms with Crippen molar-refractivity contribution < 1.29 is 18.7 Å². The summed E-state index contributed by atoms with van der Waals surface area (Å²) in [5.74, 6) is 0.374. The summed E-state index contributed by atoms with van der Waals surface area (Å²) in [4.78, 5) is 17.1. The van der Waals surface area contributed by atoms with Gasteiger partial charge in [-0.3, -0.25) is 10.1 Å². The van der Waals surface area contributed by atoms with Gasteiger partial charge in [0.2, 0.25) is 5.89 Å². The largest absolute Gasteiger partial charge is 0.507 e. The van der Waals surface area contributed by atoms with Crippen LogP contribution in [0.25, 0.3) is 33.9 Å². The lowest BCUT2D eigenvalue weighted by Crippen LogP contribution is -2.33. The number of phenolic OH excluding ortho intramolecular Hbond substituents is 1. The van der Waals surface area contributed by atoms with Crippen molar-refractivity contribution in [3.8, 4) is 28.5 Å². The van der Waals surface area contributed by atoms with Crippen LogP contribution in [-0.4, -0.2) is 21.1 Å². The van der Waals surface area contributed by atoms with Gasteiger partial charge in [0, 0.05) is 16.3 Å². The molecule has 0 aliphatic heterocycles. The van der Waals surface area contributed by atoms with E-state index in [9.17, 15) is 9.90 Å². The second kappa shape index (κ2) is 9.85. The summed E-state index contributed by atoms with van der Waals surface area (Å²) >= 11 is 11.3. The van der Waals surface area contributed by atoms with Gasteiger partial charge in [-0.2, -0.15) is 0 Å². The number of furan rings is 1. The maximum atomic E-state index is 12.6. The molecule has 5 rings (SSSR count). The number of nitrogens with one attached hydrogen (secondary N) is 2. The molecule has 180 valence electrons. The number of amides is 1. The zero-order valence-corrected chi connectivity index (χ0v) is 20.6. The van der Waals surface area contributed by atoms with E-state index in [1.165, 1.54) is 6.07 Å². The van der Waals surface area contributed by atoms with Crippen molar-refractivity contribution in [3.63, 3.8) is 0 Å². The normalized spacial score (nSPS) is 10.9. The zero-order chi connectivity index (χ0) is 25.2. The van der Waals surface area contributed by atoms with E-state index in [0.717, 1.165) is 17.5 Å². The van der Waals surface area contributed by atoms with Crippen LogP contribution in [0, 0.1) is 0 Å². The van der Waals surface area contributed by atoms with Crippen molar-refractivity contribution in [2.45, 2.75) is 13.3 Å². The summed E-state index contributed by atoms with van der Waals surface area (Å²) in [5.41, 5.74) is 4.14. The Morgan fingerprint density at radius 1 is 1.06 bits per heavy atom. The Hall–Kier alpha value is -4.14. The van der Waals surface area contributed by atoms with Crippen molar-refractivity contribution in [1.29, 1.82) is 0 Å². The SMILES string of the molecule is CCc1ccc2oc(-c3cc(NC(=S)NC(=O)c4ccc(-c5cccc(Cl)c5)o4)ccc3O)nc2c1. The fourth-order valence-electron chi connectivity index (χ4n) is 3.68. The molecule has 2 heterocycles. The number of aryl methyl sites for hydroxylation is 1. The molecule has 0 unspecified atom stereocenters. The molecule has 36 heavy (non-hydrogen) atoms. The van der Waals surface area contributed by atoms with Crippen molar-refractivity contribution in [3.05, 3.63) is 89.1 Å². The molecule has 1 amide bonds. The number of carbonyl (C=O) groups excluding carboxylic acids is 1. The van der Waals surface area contributed by atoms with Gasteiger partial charge in [0.1, 0.15) is 17.0 Å². The monoisotopic (exact) mass is 517 g/mol. The highest BCUT2D eigenvalue weighted by molar-refractivity contribution is 7.80. The van der Waals surface area contributed by atoms with Gasteiger partial charge in [0.15, 0.2) is 16.5 Å². The van der Waals surface area contributed by atoms with Gasteiger partial charge >= 0.3 is 0 Å². The van der Waals surface area contributed by atoms with Crippen LogP contribution in [0.5, 0.6) is 5.75 Å². The molecule has 3 aromatic carbocycles. The molecule has 0 aliphatic carbocycles. The Balaban J connectivity index is 1.30. The summed E-state index contributed by atoms with van der Waals surface area (Å²) in [7, 11) is 0. The number of halogens is 1. The Morgan fingerprint density at radius 3 is 2.72 bits per heavy atom. The standard InChI is InChI=1S/C27H20ClN3O4S/c1-2-15-6-9-23-20(12-15)30-26(35-23)19-14-18(7-8-21(19)32)29-27(36)31-25(33)24-11-10-22(34-24)16-4-3-5-17(28)13-16/h3-14,32H,2H2,1H3,(H2,29,31,33,36). The van der Waals surface area contributed by atoms with E-state index >= 15 is 0 Å². The summed E-state index contributed by atoms with van der Waals surface area (Å²) in [6, 6.07) is 20.9. The molecule has 0 saturated heterocycles. The number of nitrogens with zero attached hydrogens (tertiary/aromatic N) is 1. The first kappa shape index (κ1) is 23.6. The maximum Gasteiger partial charge on any atom is 0.293 e. The third-order valence-corrected chi connectivity index (χ3v) is 5.95. The minimum atomic E-state index is -0.509. The number of fused-ring (bicyclic) bond motifs is 1. The van der Waals surface area contributed by atoms with E-state index in [2.05, 4.69) is 22.5 Å². The zero-order valence-electron chi connectivity index (χ0n) is 19.0. The number of hydrogen-bond donors (Lipinski definition) is 3. The first-order valence-corrected chi connectivity index (χ1v) is 11.9. The highest BCUT2D eigenvalue weighted by atomic mass is 35.5. The Bertz CT molecular complexity index is 1610. The minimum Gasteiger partial charge on any atom is -0.507 e. The average molecular weight is 518 g/mol. The molecule has 0 aliphatic rings. The lowest BCUT2D eigenvalue weighted by atomic mass is 10.1. The fourth-order valence-corrected chi connectivity index (χ4v) is 4.08. The number of carbonyl (C=O) groups is 1. The third kappa shape index (κ3) is 4.95. The van der Waals surface area contributed by atoms with Crippen LogP contribution in [0.15, 0.2) is 81.6 Å². The van der Waals surface area contributed by atoms with Gasteiger partial charge in [0.25, 0.3) is 5.91 Å². The first-order chi connectivity index (χ1) is 17.4. The lowest BCUT2D eigenvalue weighted by Gasteiger charge is -2.10. The van der Waals surface area contributed by atoms with Gasteiger partial charge in [-0.25, -0.2) is 4.98 Å². The second-order valence-electron chi connectivity index (χ2n) is 7.99. The number of thiocarbonyl (C=S) groups is 1. The van der Waals surface area contributed by atoms with E-state index < -0.39 is 5.91 Å². The fraction of sp³-hybridized carbons (Fsp3) is 0.0741. The van der Waals surface area contributed by atoms with Crippen LogP contribution >= 0.6 is 23.8 Å². The number of rotatable bonds is 5. The number of hydrogen-bond acceptors (Lipinski definition) is 6. The molecule has 0 spiro atoms. The lowest BCUT2D eigenvalue weighted by molar-refractivity contribution is 0.0951. The van der Waals surface area contributed by atoms with E-state index in [1.54, 1.807) is 42.5 Å². The third-order valence-electron chi connectivity index (χ3n) is 5.51. The summed E-state index contributed by atoms with van der Waals surface area (Å²) in [6.45, 7) is 2.06. The van der Waals surface area contributed by atoms with Gasteiger partial charge < -0.3 is 19.3 Å². The molecule has 5 aromatic rings. The molecule has 0 saturated carbocycles. The highest BCUT2D eigenvalue weighted by Crippen LogP contribution is 2.33. The van der Waals surface area contributed by atoms with Crippen LogP contribution < -0.4 is 10.6 Å². The molecule has 9 heteroatoms. The van der Waals surface area contributed by atoms with Gasteiger partial charge in [0.05, 0.1) is 5.56 Å². The predicted molar refractivity (Wildman–Crippen MR) is 143 cm³/mol. The Kier molecular flexibility index (Phi) is 6.45. The Morgan fingerprint density at radius 2 is 1.92 bits per heavy atom. The summed E-state index contributed by atoms with van der Waals surface area (Å²) in [6.07, 6.45) is 0.881. The van der Waals surface area contributed by atoms with E-state index in [-0.39, 0.29) is 22.5 Å². The van der Waals surface area contributed by atoms with Crippen molar-refractivity contribution >= 4 is 51.6 Å². The number of oxazole rings is 1. The minimum absolute atomic E-state index is 0.00176. The van der Waals surface area contributed by atoms with Crippen molar-refractivity contribution in [1.82, 2.24) is 10.3 Å². The molecule has 0 fully saturated rings. The van der Waals surface area contributed by atoms with Gasteiger partial charge in [-0.1, -0.05) is 36.7 Å². The van der Waals surface area contributed by atoms with Crippen LogP contribution in [0.2, 0.25) is 5.02 Å². The van der Waals surface area contributed by atoms with Gasteiger partial charge in [-0.15, -0.1) is 0 Å². The van der Waals surface area contributed by atoms with E-state index in [0.29, 0.717) is 33.1 Å². The number of anilines is 1. The van der Waals surface area contributed by atoms with Crippen LogP contribution in [0.4, 0.5) is 5.69 Å². The molecule has 0 atom stereocenters. The molecule has 0 bridgehead atoms. The molecular weight excluding hydrogens is 498 g/mol. The second-order valence-corrected chi connectivity index (χ2v) is 8.83. The smallest absolute Gasteiger partial charge is 0.293 e. The van der Waals surface area contributed by atoms with Crippen LogP contribution in [0.3, 0.4) is 0 Å². The number of aromatic hydroxyl groups is 1. The molecule has 0 radical (unpaired) electrons. The predicted octanol–water partition coefficient (Wildman–Crippen LogP) is 6.80. The Labute approximate surface area is 216 Å². The molecule has 3 N–H and O–H groups in total. The maximum absolute atomic E-state index is 12.6. The van der Waals surface area contributed by atoms with Crippen LogP contribution in [0.1, 0.15) is 23.0 Å². The molecular formula is C27H20ClN3O4S. The number of benzene rings is 3. The van der Waals surface area contributed by atoms with Gasteiger partial charge in [-0.05, 0) is 78.8 Å². The highest BCUT2D eigenvalue weighted by Gasteiger charge is 2.16. The summed E-state index contributed by atoms with van der Waals surface area (Å²) in [5, 5.41) is 16.6. The number of phenols is 1. The first-order valence-electron chi connectivity index (χ1n) is 11.1. The van der Waals surface area contributed by atoms with Crippen molar-refractivity contribution in [2.24, 2.45) is 0 Å². The number of aromatic nitrogens is 1. The van der Waals surface area contributed by atoms with Crippen LogP contribution in [-0.2, 0) is 6.42 Å². The van der Waals surface area contributed by atoms with E-state index in [4.69, 9.17) is 32.7 Å². The van der Waals surface area contributed by atoms with Crippen molar-refractivity contribution in [2.75, 3.05) is 5.32 Å². The summed E-state index contributed by atoms with van der Waals surface area (Å²) < 4.78 is 11.5. The molecule has 7 nitrogen and oxygen atoms in total. The quantitative estimate of drug-likeness (QED) is 0.174. The molecule has 2 aromatic heterocycles.